The Morgan fingerprint density at radius 3 is 2.75 bits per heavy atom. The maximum Gasteiger partial charge on any atom is 0.317 e. The first-order chi connectivity index (χ1) is 13.4. The van der Waals surface area contributed by atoms with E-state index in [1.165, 1.54) is 11.8 Å². The summed E-state index contributed by atoms with van der Waals surface area (Å²) in [6.45, 7) is 1.54. The van der Waals surface area contributed by atoms with E-state index in [1.807, 2.05) is 18.2 Å². The van der Waals surface area contributed by atoms with E-state index in [-0.39, 0.29) is 11.7 Å². The van der Waals surface area contributed by atoms with E-state index in [0.717, 1.165) is 36.5 Å². The molecule has 1 fully saturated rings. The second-order valence-corrected chi connectivity index (χ2v) is 7.90. The number of fused-ring (bicyclic) bond motifs is 1. The molecule has 0 radical (unpaired) electrons. The van der Waals surface area contributed by atoms with Crippen LogP contribution in [0.3, 0.4) is 0 Å². The molecule has 0 N–H and O–H groups in total. The van der Waals surface area contributed by atoms with Gasteiger partial charge in [-0.15, -0.1) is 0 Å². The number of oxazole rings is 1. The van der Waals surface area contributed by atoms with Gasteiger partial charge in [0.1, 0.15) is 16.8 Å². The van der Waals surface area contributed by atoms with Crippen LogP contribution in [0.5, 0.6) is 0 Å². The van der Waals surface area contributed by atoms with E-state index in [4.69, 9.17) is 9.15 Å². The molecule has 1 aromatic carbocycles. The van der Waals surface area contributed by atoms with Gasteiger partial charge in [0.25, 0.3) is 11.1 Å². The molecule has 28 heavy (non-hydrogen) atoms. The Bertz CT molecular complexity index is 865. The van der Waals surface area contributed by atoms with Gasteiger partial charge in [0.2, 0.25) is 0 Å². The lowest BCUT2D eigenvalue weighted by Gasteiger charge is -2.39. The maximum absolute atomic E-state index is 12.7. The Balaban J connectivity index is 1.54. The highest BCUT2D eigenvalue weighted by Crippen LogP contribution is 2.33. The first-order valence-electron chi connectivity index (χ1n) is 9.32. The highest BCUT2D eigenvalue weighted by molar-refractivity contribution is 7.99. The second-order valence-electron chi connectivity index (χ2n) is 6.97. The van der Waals surface area contributed by atoms with E-state index >= 15 is 0 Å². The van der Waals surface area contributed by atoms with Crippen LogP contribution < -0.4 is 0 Å². The lowest BCUT2D eigenvalue weighted by molar-refractivity contribution is -0.159. The number of likely N-dealkylation sites (N-methyl/N-ethyl adjacent to an activating group) is 1. The number of hydrogen-bond acceptors (Lipinski definition) is 7. The number of carbonyl (C=O) groups is 2. The molecule has 7 nitrogen and oxygen atoms in total. The number of benzene rings is 1. The van der Waals surface area contributed by atoms with Crippen LogP contribution in [0.2, 0.25) is 0 Å². The van der Waals surface area contributed by atoms with Crippen molar-refractivity contribution in [2.75, 3.05) is 12.8 Å². The smallest absolute Gasteiger partial charge is 0.317 e. The Labute approximate surface area is 168 Å². The van der Waals surface area contributed by atoms with Crippen LogP contribution in [0.25, 0.3) is 11.1 Å². The molecule has 0 aliphatic heterocycles. The fourth-order valence-electron chi connectivity index (χ4n) is 3.46. The third-order valence-electron chi connectivity index (χ3n) is 5.11. The van der Waals surface area contributed by atoms with Crippen molar-refractivity contribution in [2.24, 2.45) is 0 Å². The van der Waals surface area contributed by atoms with E-state index < -0.39 is 17.6 Å². The summed E-state index contributed by atoms with van der Waals surface area (Å²) in [5.74, 6) is -0.905. The van der Waals surface area contributed by atoms with Gasteiger partial charge in [-0.2, -0.15) is 5.26 Å². The third-order valence-corrected chi connectivity index (χ3v) is 5.91. The van der Waals surface area contributed by atoms with Crippen LogP contribution in [-0.4, -0.2) is 46.2 Å². The fourth-order valence-corrected chi connectivity index (χ4v) is 4.08. The van der Waals surface area contributed by atoms with E-state index in [2.05, 4.69) is 11.1 Å². The maximum atomic E-state index is 12.7. The monoisotopic (exact) mass is 401 g/mol. The van der Waals surface area contributed by atoms with Gasteiger partial charge in [-0.1, -0.05) is 43.2 Å². The van der Waals surface area contributed by atoms with Gasteiger partial charge in [-0.05, 0) is 31.9 Å². The molecule has 1 aromatic heterocycles. The van der Waals surface area contributed by atoms with Gasteiger partial charge >= 0.3 is 5.97 Å². The summed E-state index contributed by atoms with van der Waals surface area (Å²) in [5, 5.41) is 10.00. The summed E-state index contributed by atoms with van der Waals surface area (Å²) >= 11 is 1.12. The predicted molar refractivity (Wildman–Crippen MR) is 104 cm³/mol. The number of para-hydroxylation sites is 2. The van der Waals surface area contributed by atoms with Gasteiger partial charge in [0.05, 0.1) is 6.07 Å². The molecular weight excluding hydrogens is 378 g/mol. The molecule has 2 aromatic rings. The van der Waals surface area contributed by atoms with Crippen LogP contribution in [0.1, 0.15) is 39.0 Å². The zero-order valence-electron chi connectivity index (χ0n) is 16.0. The van der Waals surface area contributed by atoms with Gasteiger partial charge in [-0.25, -0.2) is 4.98 Å². The summed E-state index contributed by atoms with van der Waals surface area (Å²) < 4.78 is 10.8. The summed E-state index contributed by atoms with van der Waals surface area (Å²) in [5.41, 5.74) is 0.568. The number of thioether (sulfide) groups is 1. The first-order valence-corrected chi connectivity index (χ1v) is 10.3. The summed E-state index contributed by atoms with van der Waals surface area (Å²) in [4.78, 5) is 30.6. The molecule has 0 spiro atoms. The third kappa shape index (κ3) is 4.30. The molecule has 8 heteroatoms. The van der Waals surface area contributed by atoms with Gasteiger partial charge in [0, 0.05) is 7.05 Å². The summed E-state index contributed by atoms with van der Waals surface area (Å²) in [6, 6.07) is 9.64. The molecule has 1 aliphatic rings. The first kappa shape index (κ1) is 20.2. The van der Waals surface area contributed by atoms with Gasteiger partial charge in [-0.3, -0.25) is 9.59 Å². The van der Waals surface area contributed by atoms with Crippen molar-refractivity contribution in [1.29, 1.82) is 5.26 Å². The standard InChI is InChI=1S/C20H23N3O4S/c1-14(18(25)23(2)20(13-21)10-6-3-7-11-20)26-17(24)12-28-19-22-15-8-4-5-9-16(15)27-19/h4-5,8-9,14H,3,6-7,10-12H2,1-2H3/t14-/m0/s1. The number of amides is 1. The molecule has 1 heterocycles. The molecule has 0 saturated heterocycles. The second kappa shape index (κ2) is 8.65. The van der Waals surface area contributed by atoms with Gasteiger partial charge in [0.15, 0.2) is 11.7 Å². The summed E-state index contributed by atoms with van der Waals surface area (Å²) in [7, 11) is 1.62. The van der Waals surface area contributed by atoms with Crippen molar-refractivity contribution >= 4 is 34.7 Å². The van der Waals surface area contributed by atoms with Crippen LogP contribution in [0, 0.1) is 11.3 Å². The number of esters is 1. The number of carbonyl (C=O) groups excluding carboxylic acids is 2. The number of ether oxygens (including phenoxy) is 1. The average Bonchev–Trinajstić information content (AvgIpc) is 3.14. The average molecular weight is 401 g/mol. The fraction of sp³-hybridized carbons (Fsp3) is 0.500. The van der Waals surface area contributed by atoms with Crippen molar-refractivity contribution < 1.29 is 18.7 Å². The molecule has 0 unspecified atom stereocenters. The Kier molecular flexibility index (Phi) is 6.25. The SMILES string of the molecule is C[C@H](OC(=O)CSc1nc2ccccc2o1)C(=O)N(C)C1(C#N)CCCCC1. The quantitative estimate of drug-likeness (QED) is 0.539. The molecule has 1 amide bonds. The Hall–Kier alpha value is -2.53. The highest BCUT2D eigenvalue weighted by Gasteiger charge is 2.40. The summed E-state index contributed by atoms with van der Waals surface area (Å²) in [6.07, 6.45) is 3.26. The minimum Gasteiger partial charge on any atom is -0.452 e. The zero-order chi connectivity index (χ0) is 20.1. The van der Waals surface area contributed by atoms with Crippen molar-refractivity contribution in [1.82, 2.24) is 9.88 Å². The number of hydrogen-bond donors (Lipinski definition) is 0. The van der Waals surface area contributed by atoms with Crippen molar-refractivity contribution in [3.8, 4) is 6.07 Å². The van der Waals surface area contributed by atoms with Crippen LogP contribution in [-0.2, 0) is 14.3 Å². The number of rotatable bonds is 6. The minimum absolute atomic E-state index is 0.0163. The molecule has 148 valence electrons. The predicted octanol–water partition coefficient (Wildman–Crippen LogP) is 3.54. The number of nitriles is 1. The van der Waals surface area contributed by atoms with Crippen LogP contribution in [0.15, 0.2) is 33.9 Å². The Morgan fingerprint density at radius 2 is 2.07 bits per heavy atom. The topological polar surface area (TPSA) is 96.4 Å². The molecule has 1 aliphatic carbocycles. The lowest BCUT2D eigenvalue weighted by atomic mass is 9.81. The van der Waals surface area contributed by atoms with E-state index in [1.54, 1.807) is 13.1 Å². The van der Waals surface area contributed by atoms with Crippen LogP contribution >= 0.6 is 11.8 Å². The van der Waals surface area contributed by atoms with Crippen LogP contribution in [0.4, 0.5) is 0 Å². The van der Waals surface area contributed by atoms with E-state index in [0.29, 0.717) is 23.6 Å². The normalized spacial score (nSPS) is 16.9. The lowest BCUT2D eigenvalue weighted by Crippen LogP contribution is -2.53. The molecule has 1 atom stereocenters. The Morgan fingerprint density at radius 1 is 1.36 bits per heavy atom. The van der Waals surface area contributed by atoms with E-state index in [9.17, 15) is 14.9 Å². The molecule has 0 bridgehead atoms. The van der Waals surface area contributed by atoms with Crippen molar-refractivity contribution in [3.63, 3.8) is 0 Å². The largest absolute Gasteiger partial charge is 0.452 e. The van der Waals surface area contributed by atoms with Gasteiger partial charge < -0.3 is 14.1 Å². The van der Waals surface area contributed by atoms with Crippen molar-refractivity contribution in [2.45, 2.75) is 55.9 Å². The molecule has 1 saturated carbocycles. The number of aromatic nitrogens is 1. The minimum atomic E-state index is -0.950. The molecule has 3 rings (SSSR count). The molecular formula is C20H23N3O4S. The zero-order valence-corrected chi connectivity index (χ0v) is 16.8. The number of nitrogens with zero attached hydrogens (tertiary/aromatic N) is 3. The highest BCUT2D eigenvalue weighted by atomic mass is 32.2. The van der Waals surface area contributed by atoms with Crippen molar-refractivity contribution in [3.05, 3.63) is 24.3 Å².